The van der Waals surface area contributed by atoms with Crippen molar-refractivity contribution in [2.24, 2.45) is 0 Å². The molecule has 4 aromatic heterocycles. The lowest BCUT2D eigenvalue weighted by atomic mass is 10.1. The predicted molar refractivity (Wildman–Crippen MR) is 110 cm³/mol. The molecule has 0 fully saturated rings. The molecule has 0 saturated carbocycles. The topological polar surface area (TPSA) is 67.9 Å². The normalized spacial score (nSPS) is 11.7. The van der Waals surface area contributed by atoms with E-state index in [9.17, 15) is 5.26 Å². The van der Waals surface area contributed by atoms with E-state index in [1.807, 2.05) is 25.1 Å². The fraction of sp³-hybridized carbons (Fsp3) is 0.182. The molecule has 0 amide bonds. The molecule has 140 valence electrons. The Morgan fingerprint density at radius 1 is 1.21 bits per heavy atom. The molecular formula is C22H19N3O2S. The van der Waals surface area contributed by atoms with Gasteiger partial charge in [-0.2, -0.15) is 5.26 Å². The summed E-state index contributed by atoms with van der Waals surface area (Å²) < 4.78 is 13.1. The SMILES string of the molecule is Cc1sc(/C(C#N)=C/c2ccco2)nc1-c1cc(C)n(Cc2ccco2)c1C. The second-order valence-corrected chi connectivity index (χ2v) is 7.76. The van der Waals surface area contributed by atoms with Crippen LogP contribution in [-0.2, 0) is 6.54 Å². The van der Waals surface area contributed by atoms with E-state index in [0.717, 1.165) is 33.3 Å². The lowest BCUT2D eigenvalue weighted by Gasteiger charge is -2.07. The van der Waals surface area contributed by atoms with Crippen molar-refractivity contribution < 1.29 is 8.83 Å². The number of aryl methyl sites for hydroxylation is 2. The van der Waals surface area contributed by atoms with Gasteiger partial charge in [0.15, 0.2) is 0 Å². The molecular weight excluding hydrogens is 370 g/mol. The fourth-order valence-electron chi connectivity index (χ4n) is 3.26. The molecule has 0 unspecified atom stereocenters. The van der Waals surface area contributed by atoms with Crippen molar-refractivity contribution in [3.63, 3.8) is 0 Å². The number of nitrogens with zero attached hydrogens (tertiary/aromatic N) is 3. The van der Waals surface area contributed by atoms with E-state index in [2.05, 4.69) is 30.6 Å². The van der Waals surface area contributed by atoms with Gasteiger partial charge in [-0.05, 0) is 51.1 Å². The lowest BCUT2D eigenvalue weighted by molar-refractivity contribution is 0.489. The van der Waals surface area contributed by atoms with Crippen molar-refractivity contribution in [2.45, 2.75) is 27.3 Å². The minimum atomic E-state index is 0.499. The summed E-state index contributed by atoms with van der Waals surface area (Å²) >= 11 is 1.52. The van der Waals surface area contributed by atoms with Crippen LogP contribution in [0.15, 0.2) is 51.7 Å². The molecule has 0 radical (unpaired) electrons. The Bertz CT molecular complexity index is 1170. The molecule has 5 nitrogen and oxygen atoms in total. The number of nitriles is 1. The molecule has 6 heteroatoms. The summed E-state index contributed by atoms with van der Waals surface area (Å²) in [5, 5.41) is 10.3. The number of thiazole rings is 1. The van der Waals surface area contributed by atoms with E-state index in [-0.39, 0.29) is 0 Å². The third-order valence-corrected chi connectivity index (χ3v) is 5.70. The number of furan rings is 2. The van der Waals surface area contributed by atoms with Gasteiger partial charge in [-0.25, -0.2) is 4.98 Å². The van der Waals surface area contributed by atoms with E-state index >= 15 is 0 Å². The van der Waals surface area contributed by atoms with Crippen LogP contribution < -0.4 is 0 Å². The van der Waals surface area contributed by atoms with Gasteiger partial charge in [-0.15, -0.1) is 11.3 Å². The number of allylic oxidation sites excluding steroid dienone is 1. The van der Waals surface area contributed by atoms with E-state index < -0.39 is 0 Å². The van der Waals surface area contributed by atoms with Gasteiger partial charge in [0.2, 0.25) is 0 Å². The minimum Gasteiger partial charge on any atom is -0.467 e. The number of aromatic nitrogens is 2. The Morgan fingerprint density at radius 2 is 2.00 bits per heavy atom. The first kappa shape index (κ1) is 18.1. The van der Waals surface area contributed by atoms with E-state index in [4.69, 9.17) is 13.8 Å². The van der Waals surface area contributed by atoms with Gasteiger partial charge < -0.3 is 13.4 Å². The third kappa shape index (κ3) is 3.32. The monoisotopic (exact) mass is 389 g/mol. The Balaban J connectivity index is 1.72. The second kappa shape index (κ2) is 7.37. The molecule has 0 spiro atoms. The highest BCUT2D eigenvalue weighted by atomic mass is 32.1. The van der Waals surface area contributed by atoms with E-state index in [0.29, 0.717) is 22.9 Å². The predicted octanol–water partition coefficient (Wildman–Crippen LogP) is 5.84. The first-order valence-corrected chi connectivity index (χ1v) is 9.71. The molecule has 0 aromatic carbocycles. The maximum Gasteiger partial charge on any atom is 0.135 e. The maximum atomic E-state index is 9.59. The average molecular weight is 389 g/mol. The molecule has 0 aliphatic carbocycles. The van der Waals surface area contributed by atoms with Gasteiger partial charge in [0.1, 0.15) is 22.6 Å². The van der Waals surface area contributed by atoms with Crippen molar-refractivity contribution in [3.05, 3.63) is 75.7 Å². The van der Waals surface area contributed by atoms with Crippen LogP contribution in [0.25, 0.3) is 22.9 Å². The van der Waals surface area contributed by atoms with Crippen molar-refractivity contribution in [1.29, 1.82) is 5.26 Å². The Labute approximate surface area is 167 Å². The number of hydrogen-bond donors (Lipinski definition) is 0. The van der Waals surface area contributed by atoms with E-state index in [1.165, 1.54) is 11.3 Å². The summed E-state index contributed by atoms with van der Waals surface area (Å²) in [5.41, 5.74) is 4.77. The lowest BCUT2D eigenvalue weighted by Crippen LogP contribution is -2.03. The quantitative estimate of drug-likeness (QED) is 0.402. The zero-order valence-corrected chi connectivity index (χ0v) is 16.7. The van der Waals surface area contributed by atoms with Gasteiger partial charge in [0.05, 0.1) is 30.3 Å². The van der Waals surface area contributed by atoms with Gasteiger partial charge >= 0.3 is 0 Å². The van der Waals surface area contributed by atoms with Gasteiger partial charge in [-0.3, -0.25) is 0 Å². The smallest absolute Gasteiger partial charge is 0.135 e. The summed E-state index contributed by atoms with van der Waals surface area (Å²) in [6, 6.07) is 11.9. The van der Waals surface area contributed by atoms with Crippen molar-refractivity contribution in [2.75, 3.05) is 0 Å². The Kier molecular flexibility index (Phi) is 4.76. The van der Waals surface area contributed by atoms with Gasteiger partial charge in [-0.1, -0.05) is 0 Å². The molecule has 0 bridgehead atoms. The molecule has 28 heavy (non-hydrogen) atoms. The molecule has 0 N–H and O–H groups in total. The second-order valence-electron chi connectivity index (χ2n) is 6.56. The van der Waals surface area contributed by atoms with Crippen molar-refractivity contribution in [3.8, 4) is 17.3 Å². The molecule has 4 heterocycles. The first-order valence-electron chi connectivity index (χ1n) is 8.89. The fourth-order valence-corrected chi connectivity index (χ4v) is 4.16. The summed E-state index contributed by atoms with van der Waals surface area (Å²) in [4.78, 5) is 5.87. The van der Waals surface area contributed by atoms with Crippen LogP contribution in [0.4, 0.5) is 0 Å². The largest absolute Gasteiger partial charge is 0.467 e. The summed E-state index contributed by atoms with van der Waals surface area (Å²) in [6.07, 6.45) is 5.01. The highest BCUT2D eigenvalue weighted by Crippen LogP contribution is 2.35. The standard InChI is InChI=1S/C22H19N3O2S/c1-14-10-20(15(2)25(14)13-19-7-5-9-27-19)21-16(3)28-22(24-21)17(12-23)11-18-6-4-8-26-18/h4-11H,13H2,1-3H3/b17-11+. The molecule has 0 aliphatic rings. The zero-order chi connectivity index (χ0) is 19.7. The molecule has 4 aromatic rings. The molecule has 0 aliphatic heterocycles. The minimum absolute atomic E-state index is 0.499. The van der Waals surface area contributed by atoms with Crippen molar-refractivity contribution >= 4 is 23.0 Å². The summed E-state index contributed by atoms with van der Waals surface area (Å²) in [6.45, 7) is 6.90. The van der Waals surface area contributed by atoms with Gasteiger partial charge in [0, 0.05) is 27.9 Å². The first-order chi connectivity index (χ1) is 13.6. The number of hydrogen-bond acceptors (Lipinski definition) is 5. The Hall–Kier alpha value is -3.30. The van der Waals surface area contributed by atoms with Crippen LogP contribution in [0, 0.1) is 32.1 Å². The van der Waals surface area contributed by atoms with Crippen LogP contribution in [0.5, 0.6) is 0 Å². The zero-order valence-electron chi connectivity index (χ0n) is 15.9. The summed E-state index contributed by atoms with van der Waals surface area (Å²) in [7, 11) is 0. The molecule has 4 rings (SSSR count). The van der Waals surface area contributed by atoms with Crippen LogP contribution in [0.1, 0.15) is 32.8 Å². The van der Waals surface area contributed by atoms with Crippen LogP contribution in [0.3, 0.4) is 0 Å². The number of rotatable bonds is 5. The molecule has 0 saturated heterocycles. The summed E-state index contributed by atoms with van der Waals surface area (Å²) in [5.74, 6) is 1.56. The van der Waals surface area contributed by atoms with Crippen LogP contribution in [-0.4, -0.2) is 9.55 Å². The van der Waals surface area contributed by atoms with Crippen molar-refractivity contribution in [1.82, 2.24) is 9.55 Å². The molecule has 0 atom stereocenters. The van der Waals surface area contributed by atoms with E-state index in [1.54, 1.807) is 24.7 Å². The van der Waals surface area contributed by atoms with Crippen LogP contribution >= 0.6 is 11.3 Å². The van der Waals surface area contributed by atoms with Gasteiger partial charge in [0.25, 0.3) is 0 Å². The highest BCUT2D eigenvalue weighted by Gasteiger charge is 2.19. The average Bonchev–Trinajstić information content (AvgIpc) is 3.46. The third-order valence-electron chi connectivity index (χ3n) is 4.70. The highest BCUT2D eigenvalue weighted by molar-refractivity contribution is 7.13. The maximum absolute atomic E-state index is 9.59. The Morgan fingerprint density at radius 3 is 2.68 bits per heavy atom. The van der Waals surface area contributed by atoms with Crippen LogP contribution in [0.2, 0.25) is 0 Å².